The number of carbonyl (C=O) groups is 3. The zero-order chi connectivity index (χ0) is 11.5. The number of esters is 1. The predicted octanol–water partition coefficient (Wildman–Crippen LogP) is 1.43. The van der Waals surface area contributed by atoms with Gasteiger partial charge in [-0.3, -0.25) is 4.79 Å². The Morgan fingerprint density at radius 3 is 2.47 bits per heavy atom. The van der Waals surface area contributed by atoms with Gasteiger partial charge in [0.2, 0.25) is 0 Å². The zero-order valence-corrected chi connectivity index (χ0v) is 8.90. The van der Waals surface area contributed by atoms with Crippen molar-refractivity contribution in [1.29, 1.82) is 0 Å². The summed E-state index contributed by atoms with van der Waals surface area (Å²) in [4.78, 5) is 31.7. The summed E-state index contributed by atoms with van der Waals surface area (Å²) in [6.45, 7) is 0. The number of rotatable bonds is 8. The molecule has 0 heterocycles. The van der Waals surface area contributed by atoms with Crippen molar-refractivity contribution in [2.45, 2.75) is 32.1 Å². The molecule has 0 saturated heterocycles. The summed E-state index contributed by atoms with van der Waals surface area (Å²) >= 11 is 0. The van der Waals surface area contributed by atoms with Gasteiger partial charge in [-0.25, -0.2) is 4.79 Å². The molecule has 0 aromatic heterocycles. The standard InChI is InChI=1S/C11H16O4/c1-15-11(14)8-7-10(13)6-4-2-3-5-9-12/h7-9H,2-6H2,1H3/b8-7+. The molecule has 15 heavy (non-hydrogen) atoms. The Labute approximate surface area is 89.3 Å². The van der Waals surface area contributed by atoms with Crippen LogP contribution in [0.3, 0.4) is 0 Å². The molecule has 0 bridgehead atoms. The summed E-state index contributed by atoms with van der Waals surface area (Å²) in [6, 6.07) is 0. The molecule has 0 aliphatic rings. The molecule has 0 aliphatic heterocycles. The first-order valence-electron chi connectivity index (χ1n) is 4.93. The Balaban J connectivity index is 3.53. The van der Waals surface area contributed by atoms with E-state index in [2.05, 4.69) is 4.74 Å². The molecule has 0 unspecified atom stereocenters. The van der Waals surface area contributed by atoms with Crippen LogP contribution in [0.2, 0.25) is 0 Å². The second-order valence-electron chi connectivity index (χ2n) is 3.09. The van der Waals surface area contributed by atoms with Gasteiger partial charge < -0.3 is 9.53 Å². The minimum Gasteiger partial charge on any atom is -0.466 e. The Kier molecular flexibility index (Phi) is 8.24. The average molecular weight is 212 g/mol. The topological polar surface area (TPSA) is 60.4 Å². The van der Waals surface area contributed by atoms with Crippen molar-refractivity contribution in [1.82, 2.24) is 0 Å². The highest BCUT2D eigenvalue weighted by atomic mass is 16.5. The largest absolute Gasteiger partial charge is 0.466 e. The minimum atomic E-state index is -0.524. The van der Waals surface area contributed by atoms with E-state index in [1.54, 1.807) is 0 Å². The summed E-state index contributed by atoms with van der Waals surface area (Å²) in [5.41, 5.74) is 0. The average Bonchev–Trinajstić information content (AvgIpc) is 2.25. The normalized spacial score (nSPS) is 10.2. The SMILES string of the molecule is COC(=O)/C=C/C(=O)CCCCCC=O. The summed E-state index contributed by atoms with van der Waals surface area (Å²) < 4.78 is 4.34. The lowest BCUT2D eigenvalue weighted by atomic mass is 10.1. The lowest BCUT2D eigenvalue weighted by Crippen LogP contribution is -1.98. The fraction of sp³-hybridized carbons (Fsp3) is 0.545. The van der Waals surface area contributed by atoms with Gasteiger partial charge in [0.25, 0.3) is 0 Å². The summed E-state index contributed by atoms with van der Waals surface area (Å²) in [7, 11) is 1.26. The van der Waals surface area contributed by atoms with E-state index in [0.29, 0.717) is 12.8 Å². The van der Waals surface area contributed by atoms with Crippen LogP contribution in [-0.2, 0) is 19.1 Å². The van der Waals surface area contributed by atoms with Gasteiger partial charge in [0, 0.05) is 18.9 Å². The van der Waals surface area contributed by atoms with Crippen LogP contribution < -0.4 is 0 Å². The maximum absolute atomic E-state index is 11.1. The van der Waals surface area contributed by atoms with Crippen LogP contribution in [0.5, 0.6) is 0 Å². The van der Waals surface area contributed by atoms with Crippen molar-refractivity contribution < 1.29 is 19.1 Å². The quantitative estimate of drug-likeness (QED) is 0.264. The fourth-order valence-electron chi connectivity index (χ4n) is 1.02. The van der Waals surface area contributed by atoms with Crippen molar-refractivity contribution in [2.24, 2.45) is 0 Å². The van der Waals surface area contributed by atoms with Gasteiger partial charge in [-0.15, -0.1) is 0 Å². The van der Waals surface area contributed by atoms with E-state index in [9.17, 15) is 14.4 Å². The van der Waals surface area contributed by atoms with E-state index < -0.39 is 5.97 Å². The highest BCUT2D eigenvalue weighted by Gasteiger charge is 1.98. The van der Waals surface area contributed by atoms with E-state index in [0.717, 1.165) is 31.6 Å². The first-order valence-corrected chi connectivity index (χ1v) is 4.93. The second kappa shape index (κ2) is 9.12. The number of allylic oxidation sites excluding steroid dienone is 1. The maximum atomic E-state index is 11.1. The van der Waals surface area contributed by atoms with Crippen molar-refractivity contribution >= 4 is 18.0 Å². The highest BCUT2D eigenvalue weighted by Crippen LogP contribution is 2.02. The van der Waals surface area contributed by atoms with Gasteiger partial charge in [-0.05, 0) is 18.9 Å². The van der Waals surface area contributed by atoms with Crippen molar-refractivity contribution in [3.8, 4) is 0 Å². The van der Waals surface area contributed by atoms with Crippen molar-refractivity contribution in [3.63, 3.8) is 0 Å². The molecule has 84 valence electrons. The number of methoxy groups -OCH3 is 1. The van der Waals surface area contributed by atoms with Crippen LogP contribution in [0.25, 0.3) is 0 Å². The number of carbonyl (C=O) groups excluding carboxylic acids is 3. The number of hydrogen-bond acceptors (Lipinski definition) is 4. The Morgan fingerprint density at radius 1 is 1.13 bits per heavy atom. The smallest absolute Gasteiger partial charge is 0.330 e. The van der Waals surface area contributed by atoms with Crippen LogP contribution in [0.15, 0.2) is 12.2 Å². The highest BCUT2D eigenvalue weighted by molar-refractivity contribution is 5.95. The lowest BCUT2D eigenvalue weighted by Gasteiger charge is -1.95. The minimum absolute atomic E-state index is 0.0912. The summed E-state index contributed by atoms with van der Waals surface area (Å²) in [6.07, 6.45) is 6.60. The molecule has 0 atom stereocenters. The lowest BCUT2D eigenvalue weighted by molar-refractivity contribution is -0.135. The van der Waals surface area contributed by atoms with Gasteiger partial charge in [0.05, 0.1) is 7.11 Å². The van der Waals surface area contributed by atoms with E-state index in [1.807, 2.05) is 0 Å². The fourth-order valence-corrected chi connectivity index (χ4v) is 1.02. The monoisotopic (exact) mass is 212 g/mol. The molecule has 0 aliphatic carbocycles. The first kappa shape index (κ1) is 13.5. The van der Waals surface area contributed by atoms with Crippen molar-refractivity contribution in [2.75, 3.05) is 7.11 Å². The molecule has 0 fully saturated rings. The van der Waals surface area contributed by atoms with Gasteiger partial charge in [0.1, 0.15) is 6.29 Å². The molecule has 0 amide bonds. The van der Waals surface area contributed by atoms with E-state index in [-0.39, 0.29) is 5.78 Å². The third-order valence-electron chi connectivity index (χ3n) is 1.85. The molecule has 0 aromatic rings. The van der Waals surface area contributed by atoms with Gasteiger partial charge >= 0.3 is 5.97 Å². The Hall–Kier alpha value is -1.45. The summed E-state index contributed by atoms with van der Waals surface area (Å²) in [5.74, 6) is -0.615. The molecular weight excluding hydrogens is 196 g/mol. The van der Waals surface area contributed by atoms with Gasteiger partial charge in [-0.2, -0.15) is 0 Å². The van der Waals surface area contributed by atoms with E-state index >= 15 is 0 Å². The van der Waals surface area contributed by atoms with Crippen LogP contribution in [0.1, 0.15) is 32.1 Å². The van der Waals surface area contributed by atoms with E-state index in [1.165, 1.54) is 13.2 Å². The first-order chi connectivity index (χ1) is 7.20. The zero-order valence-electron chi connectivity index (χ0n) is 8.90. The van der Waals surface area contributed by atoms with Crippen LogP contribution >= 0.6 is 0 Å². The van der Waals surface area contributed by atoms with Crippen LogP contribution in [0, 0.1) is 0 Å². The third-order valence-corrected chi connectivity index (χ3v) is 1.85. The second-order valence-corrected chi connectivity index (χ2v) is 3.09. The van der Waals surface area contributed by atoms with Gasteiger partial charge in [0.15, 0.2) is 5.78 Å². The third kappa shape index (κ3) is 8.87. The molecule has 4 nitrogen and oxygen atoms in total. The Morgan fingerprint density at radius 2 is 1.87 bits per heavy atom. The number of ketones is 1. The maximum Gasteiger partial charge on any atom is 0.330 e. The number of hydrogen-bond donors (Lipinski definition) is 0. The van der Waals surface area contributed by atoms with Crippen LogP contribution in [-0.4, -0.2) is 25.1 Å². The molecule has 0 aromatic carbocycles. The van der Waals surface area contributed by atoms with Gasteiger partial charge in [-0.1, -0.05) is 6.42 Å². The molecular formula is C11H16O4. The summed E-state index contributed by atoms with van der Waals surface area (Å²) in [5, 5.41) is 0. The molecule has 0 N–H and O–H groups in total. The number of unbranched alkanes of at least 4 members (excludes halogenated alkanes) is 3. The van der Waals surface area contributed by atoms with Crippen molar-refractivity contribution in [3.05, 3.63) is 12.2 Å². The Bertz CT molecular complexity index is 243. The molecule has 0 radical (unpaired) electrons. The molecule has 4 heteroatoms. The predicted molar refractivity (Wildman–Crippen MR) is 55.3 cm³/mol. The molecule has 0 spiro atoms. The molecule has 0 saturated carbocycles. The number of ether oxygens (including phenoxy) is 1. The number of aldehydes is 1. The molecule has 0 rings (SSSR count). The van der Waals surface area contributed by atoms with Crippen LogP contribution in [0.4, 0.5) is 0 Å². The van der Waals surface area contributed by atoms with E-state index in [4.69, 9.17) is 0 Å².